The third kappa shape index (κ3) is 2.59. The largest absolute Gasteiger partial charge is 0.426 e. The Kier molecular flexibility index (Phi) is 3.35. The molecule has 0 aromatic heterocycles. The van der Waals surface area contributed by atoms with E-state index in [1.165, 1.54) is 13.3 Å². The van der Waals surface area contributed by atoms with Crippen molar-refractivity contribution in [3.8, 4) is 5.75 Å². The van der Waals surface area contributed by atoms with Gasteiger partial charge >= 0.3 is 5.97 Å². The number of esters is 1. The summed E-state index contributed by atoms with van der Waals surface area (Å²) in [6.45, 7) is 1.52. The summed E-state index contributed by atoms with van der Waals surface area (Å²) in [6.07, 6.45) is 5.90. The number of rotatable bonds is 3. The number of hydrogen-bond acceptors (Lipinski definition) is 3. The summed E-state index contributed by atoms with van der Waals surface area (Å²) in [5.74, 6) is 1.53. The lowest BCUT2D eigenvalue weighted by atomic mass is 9.49. The highest BCUT2D eigenvalue weighted by atomic mass is 35.5. The first-order chi connectivity index (χ1) is 10.9. The molecule has 2 unspecified atom stereocenters. The van der Waals surface area contributed by atoms with Crippen LogP contribution in [0, 0.1) is 17.3 Å². The quantitative estimate of drug-likeness (QED) is 0.357. The summed E-state index contributed by atoms with van der Waals surface area (Å²) < 4.78 is 5.67. The van der Waals surface area contributed by atoms with Crippen molar-refractivity contribution >= 4 is 23.4 Å². The second-order valence-electron chi connectivity index (χ2n) is 7.86. The maximum atomic E-state index is 12.9. The Bertz CT molecular complexity index is 650. The monoisotopic (exact) mass is 332 g/mol. The van der Waals surface area contributed by atoms with Gasteiger partial charge in [0.25, 0.3) is 0 Å². The van der Waals surface area contributed by atoms with Crippen LogP contribution in [0.25, 0.3) is 0 Å². The van der Waals surface area contributed by atoms with Gasteiger partial charge in [-0.05, 0) is 81.5 Å². The van der Waals surface area contributed by atoms with E-state index < -0.39 is 5.41 Å². The molecule has 23 heavy (non-hydrogen) atoms. The zero-order valence-electron chi connectivity index (χ0n) is 13.3. The molecule has 2 atom stereocenters. The number of ketones is 1. The number of Topliss-reactive ketones (excluding diaryl/α,β-unsaturated/α-hetero) is 1. The molecule has 4 aliphatic rings. The Balaban J connectivity index is 1.54. The molecule has 0 amide bonds. The van der Waals surface area contributed by atoms with E-state index in [1.807, 2.05) is 0 Å². The van der Waals surface area contributed by atoms with E-state index in [4.69, 9.17) is 16.3 Å². The Morgan fingerprint density at radius 1 is 1.09 bits per heavy atom. The molecule has 4 fully saturated rings. The van der Waals surface area contributed by atoms with Crippen molar-refractivity contribution in [2.45, 2.75) is 50.3 Å². The molecule has 4 heteroatoms. The number of hydrogen-bond donors (Lipinski definition) is 0. The maximum absolute atomic E-state index is 12.9. The Hall–Kier alpha value is -1.35. The molecule has 3 nitrogen and oxygen atoms in total. The van der Waals surface area contributed by atoms with Crippen LogP contribution in [-0.4, -0.2) is 16.6 Å². The SMILES string of the molecule is CC(=O)c1ccc(OC(=O)C23CC4CC(CC(Cl)(C4)C2)C3)cc1. The van der Waals surface area contributed by atoms with Crippen LogP contribution in [0.15, 0.2) is 24.3 Å². The van der Waals surface area contributed by atoms with Crippen LogP contribution in [0.3, 0.4) is 0 Å². The molecule has 0 radical (unpaired) electrons. The van der Waals surface area contributed by atoms with E-state index in [9.17, 15) is 9.59 Å². The van der Waals surface area contributed by atoms with E-state index in [0.29, 0.717) is 23.1 Å². The van der Waals surface area contributed by atoms with Gasteiger partial charge in [-0.1, -0.05) is 0 Å². The number of halogens is 1. The van der Waals surface area contributed by atoms with Gasteiger partial charge < -0.3 is 4.74 Å². The molecule has 4 aliphatic carbocycles. The molecule has 0 N–H and O–H groups in total. The lowest BCUT2D eigenvalue weighted by Gasteiger charge is -2.58. The minimum Gasteiger partial charge on any atom is -0.426 e. The lowest BCUT2D eigenvalue weighted by Crippen LogP contribution is -2.56. The predicted octanol–water partition coefficient (Wildman–Crippen LogP) is 4.37. The fourth-order valence-corrected chi connectivity index (χ4v) is 6.05. The van der Waals surface area contributed by atoms with Crippen molar-refractivity contribution in [1.29, 1.82) is 0 Å². The number of ether oxygens (including phenoxy) is 1. The third-order valence-corrected chi connectivity index (χ3v) is 6.34. The molecule has 0 saturated heterocycles. The van der Waals surface area contributed by atoms with Gasteiger partial charge in [0.15, 0.2) is 5.78 Å². The zero-order valence-corrected chi connectivity index (χ0v) is 14.1. The maximum Gasteiger partial charge on any atom is 0.317 e. The minimum atomic E-state index is -0.398. The second-order valence-corrected chi connectivity index (χ2v) is 8.66. The van der Waals surface area contributed by atoms with Crippen LogP contribution in [-0.2, 0) is 4.79 Å². The van der Waals surface area contributed by atoms with Gasteiger partial charge in [-0.2, -0.15) is 0 Å². The number of alkyl halides is 1. The summed E-state index contributed by atoms with van der Waals surface area (Å²) in [7, 11) is 0. The fraction of sp³-hybridized carbons (Fsp3) is 0.579. The first-order valence-corrected chi connectivity index (χ1v) is 8.78. The van der Waals surface area contributed by atoms with Crippen molar-refractivity contribution in [1.82, 2.24) is 0 Å². The average molecular weight is 333 g/mol. The zero-order chi connectivity index (χ0) is 16.2. The van der Waals surface area contributed by atoms with Crippen molar-refractivity contribution in [3.63, 3.8) is 0 Å². The van der Waals surface area contributed by atoms with Crippen LogP contribution in [0.1, 0.15) is 55.8 Å². The molecule has 4 bridgehead atoms. The second kappa shape index (κ2) is 5.07. The van der Waals surface area contributed by atoms with Crippen molar-refractivity contribution < 1.29 is 14.3 Å². The van der Waals surface area contributed by atoms with Crippen molar-refractivity contribution in [2.24, 2.45) is 17.3 Å². The Morgan fingerprint density at radius 3 is 2.22 bits per heavy atom. The first kappa shape index (κ1) is 15.2. The summed E-state index contributed by atoms with van der Waals surface area (Å²) in [4.78, 5) is 24.0. The molecule has 4 saturated carbocycles. The smallest absolute Gasteiger partial charge is 0.317 e. The molecule has 1 aromatic carbocycles. The molecule has 0 aliphatic heterocycles. The van der Waals surface area contributed by atoms with Crippen LogP contribution in [0.2, 0.25) is 0 Å². The molecule has 1 aromatic rings. The van der Waals surface area contributed by atoms with E-state index in [0.717, 1.165) is 32.1 Å². The summed E-state index contributed by atoms with van der Waals surface area (Å²) in [5, 5.41) is 0. The van der Waals surface area contributed by atoms with E-state index in [1.54, 1.807) is 24.3 Å². The number of carbonyl (C=O) groups is 2. The molecule has 122 valence electrons. The first-order valence-electron chi connectivity index (χ1n) is 8.40. The van der Waals surface area contributed by atoms with Crippen molar-refractivity contribution in [3.05, 3.63) is 29.8 Å². The molecule has 0 heterocycles. The number of benzene rings is 1. The van der Waals surface area contributed by atoms with Crippen molar-refractivity contribution in [2.75, 3.05) is 0 Å². The standard InChI is InChI=1S/C19H21ClO3/c1-12(21)15-2-4-16(5-3-15)23-17(22)18-7-13-6-14(8-18)10-19(20,9-13)11-18/h2-5,13-14H,6-11H2,1H3. The van der Waals surface area contributed by atoms with Crippen LogP contribution >= 0.6 is 11.6 Å². The van der Waals surface area contributed by atoms with Crippen LogP contribution < -0.4 is 4.74 Å². The summed E-state index contributed by atoms with van der Waals surface area (Å²) in [5.41, 5.74) is 0.227. The molecule has 0 spiro atoms. The van der Waals surface area contributed by atoms with E-state index in [2.05, 4.69) is 0 Å². The highest BCUT2D eigenvalue weighted by Crippen LogP contribution is 2.64. The minimum absolute atomic E-state index is 0.00745. The summed E-state index contributed by atoms with van der Waals surface area (Å²) in [6, 6.07) is 6.80. The average Bonchev–Trinajstić information content (AvgIpc) is 2.45. The van der Waals surface area contributed by atoms with Gasteiger partial charge in [-0.15, -0.1) is 11.6 Å². The van der Waals surface area contributed by atoms with Crippen LogP contribution in [0.4, 0.5) is 0 Å². The van der Waals surface area contributed by atoms with Crippen LogP contribution in [0.5, 0.6) is 5.75 Å². The summed E-state index contributed by atoms with van der Waals surface area (Å²) >= 11 is 6.78. The van der Waals surface area contributed by atoms with Gasteiger partial charge in [0, 0.05) is 10.4 Å². The molecular weight excluding hydrogens is 312 g/mol. The Labute approximate surface area is 141 Å². The molecule has 5 rings (SSSR count). The lowest BCUT2D eigenvalue weighted by molar-refractivity contribution is -0.160. The predicted molar refractivity (Wildman–Crippen MR) is 87.8 cm³/mol. The highest BCUT2D eigenvalue weighted by molar-refractivity contribution is 6.24. The van der Waals surface area contributed by atoms with Gasteiger partial charge in [0.2, 0.25) is 0 Å². The topological polar surface area (TPSA) is 43.4 Å². The molecular formula is C19H21ClO3. The van der Waals surface area contributed by atoms with E-state index in [-0.39, 0.29) is 16.6 Å². The van der Waals surface area contributed by atoms with E-state index >= 15 is 0 Å². The fourth-order valence-electron chi connectivity index (χ4n) is 5.36. The van der Waals surface area contributed by atoms with Gasteiger partial charge in [-0.3, -0.25) is 9.59 Å². The van der Waals surface area contributed by atoms with Gasteiger partial charge in [-0.25, -0.2) is 0 Å². The highest BCUT2D eigenvalue weighted by Gasteiger charge is 2.60. The number of carbonyl (C=O) groups excluding carboxylic acids is 2. The van der Waals surface area contributed by atoms with Gasteiger partial charge in [0.1, 0.15) is 5.75 Å². The normalized spacial score (nSPS) is 37.7. The third-order valence-electron chi connectivity index (χ3n) is 5.89. The van der Waals surface area contributed by atoms with Gasteiger partial charge in [0.05, 0.1) is 5.41 Å². The Morgan fingerprint density at radius 2 is 1.70 bits per heavy atom.